The van der Waals surface area contributed by atoms with Crippen molar-refractivity contribution in [3.8, 4) is 0 Å². The van der Waals surface area contributed by atoms with Crippen molar-refractivity contribution in [1.82, 2.24) is 0 Å². The monoisotopic (exact) mass is 306 g/mol. The van der Waals surface area contributed by atoms with Gasteiger partial charge in [0.25, 0.3) is 0 Å². The number of carbonyl (C=O) groups excluding carboxylic acids is 1. The van der Waals surface area contributed by atoms with Crippen LogP contribution in [0.4, 0.5) is 0 Å². The molecule has 0 aromatic heterocycles. The molecule has 5 nitrogen and oxygen atoms in total. The zero-order chi connectivity index (χ0) is 16.2. The van der Waals surface area contributed by atoms with Crippen molar-refractivity contribution in [2.24, 2.45) is 0 Å². The molecule has 1 aliphatic heterocycles. The first-order valence-corrected chi connectivity index (χ1v) is 7.26. The van der Waals surface area contributed by atoms with E-state index in [0.717, 1.165) is 5.56 Å². The van der Waals surface area contributed by atoms with Crippen LogP contribution in [0.15, 0.2) is 42.5 Å². The van der Waals surface area contributed by atoms with Gasteiger partial charge in [-0.3, -0.25) is 0 Å². The van der Waals surface area contributed by atoms with Crippen molar-refractivity contribution < 1.29 is 24.1 Å². The fourth-order valence-corrected chi connectivity index (χ4v) is 2.52. The molecule has 2 rings (SSSR count). The maximum atomic E-state index is 11.1. The van der Waals surface area contributed by atoms with E-state index in [9.17, 15) is 9.90 Å². The molecular weight excluding hydrogens is 284 g/mol. The van der Waals surface area contributed by atoms with E-state index < -0.39 is 24.0 Å². The zero-order valence-corrected chi connectivity index (χ0v) is 13.1. The van der Waals surface area contributed by atoms with E-state index in [2.05, 4.69) is 4.74 Å². The van der Waals surface area contributed by atoms with Crippen LogP contribution in [0, 0.1) is 0 Å². The molecule has 5 heteroatoms. The predicted molar refractivity (Wildman–Crippen MR) is 81.0 cm³/mol. The molecule has 1 aromatic rings. The van der Waals surface area contributed by atoms with Crippen LogP contribution < -0.4 is 0 Å². The first-order chi connectivity index (χ1) is 10.4. The first kappa shape index (κ1) is 16.7. The molecule has 0 bridgehead atoms. The van der Waals surface area contributed by atoms with Crippen molar-refractivity contribution in [3.05, 3.63) is 48.0 Å². The number of ether oxygens (including phenoxy) is 3. The Balaban J connectivity index is 2.09. The summed E-state index contributed by atoms with van der Waals surface area (Å²) in [5.41, 5.74) is 0.774. The topological polar surface area (TPSA) is 65.0 Å². The van der Waals surface area contributed by atoms with Crippen LogP contribution in [-0.4, -0.2) is 36.2 Å². The van der Waals surface area contributed by atoms with Gasteiger partial charge in [-0.1, -0.05) is 36.4 Å². The Bertz CT molecular complexity index is 523. The Hall–Kier alpha value is -1.69. The Morgan fingerprint density at radius 1 is 1.36 bits per heavy atom. The summed E-state index contributed by atoms with van der Waals surface area (Å²) >= 11 is 0. The van der Waals surface area contributed by atoms with E-state index in [1.165, 1.54) is 13.2 Å². The average Bonchev–Trinajstić information content (AvgIpc) is 2.82. The molecule has 3 atom stereocenters. The maximum Gasteiger partial charge on any atom is 0.330 e. The largest absolute Gasteiger partial charge is 0.466 e. The van der Waals surface area contributed by atoms with Crippen LogP contribution in [0.1, 0.15) is 31.9 Å². The number of benzene rings is 1. The highest BCUT2D eigenvalue weighted by Crippen LogP contribution is 2.36. The van der Waals surface area contributed by atoms with Crippen LogP contribution in [0.5, 0.6) is 0 Å². The van der Waals surface area contributed by atoms with Crippen LogP contribution in [0.2, 0.25) is 0 Å². The number of carbonyl (C=O) groups is 1. The van der Waals surface area contributed by atoms with Gasteiger partial charge in [-0.15, -0.1) is 0 Å². The number of aliphatic hydroxyl groups excluding tert-OH is 1. The minimum atomic E-state index is -0.792. The van der Waals surface area contributed by atoms with Gasteiger partial charge in [0.05, 0.1) is 13.2 Å². The quantitative estimate of drug-likeness (QED) is 0.668. The number of hydrogen-bond donors (Lipinski definition) is 1. The summed E-state index contributed by atoms with van der Waals surface area (Å²) in [6, 6.07) is 9.32. The third kappa shape index (κ3) is 4.16. The molecule has 0 amide bonds. The van der Waals surface area contributed by atoms with Gasteiger partial charge in [-0.25, -0.2) is 4.79 Å². The Morgan fingerprint density at radius 2 is 2.05 bits per heavy atom. The van der Waals surface area contributed by atoms with E-state index >= 15 is 0 Å². The lowest BCUT2D eigenvalue weighted by Crippen LogP contribution is -2.29. The summed E-state index contributed by atoms with van der Waals surface area (Å²) in [7, 11) is 1.33. The SMILES string of the molecule is COC(=O)/C=C/C[C@@H]1OC(C)(C)O[C@@H]1[C@H](O)c1ccccc1. The molecule has 1 fully saturated rings. The third-order valence-electron chi connectivity index (χ3n) is 3.50. The molecule has 0 saturated carbocycles. The summed E-state index contributed by atoms with van der Waals surface area (Å²) in [5, 5.41) is 10.6. The van der Waals surface area contributed by atoms with Crippen LogP contribution in [0.25, 0.3) is 0 Å². The second-order valence-electron chi connectivity index (χ2n) is 5.66. The minimum Gasteiger partial charge on any atom is -0.466 e. The summed E-state index contributed by atoms with van der Waals surface area (Å²) in [5.74, 6) is -1.19. The van der Waals surface area contributed by atoms with Gasteiger partial charge < -0.3 is 19.3 Å². The molecule has 0 spiro atoms. The van der Waals surface area contributed by atoms with Crippen molar-refractivity contribution >= 4 is 5.97 Å². The maximum absolute atomic E-state index is 11.1. The molecule has 0 aliphatic carbocycles. The number of methoxy groups -OCH3 is 1. The second-order valence-corrected chi connectivity index (χ2v) is 5.66. The van der Waals surface area contributed by atoms with Gasteiger partial charge in [0, 0.05) is 6.08 Å². The average molecular weight is 306 g/mol. The second kappa shape index (κ2) is 7.05. The standard InChI is InChI=1S/C17H22O5/c1-17(2)21-13(10-7-11-14(18)20-3)16(22-17)15(19)12-8-5-4-6-9-12/h4-9,11,13,15-16,19H,10H2,1-3H3/b11-7+/t13-,15+,16-/m0/s1. The van der Waals surface area contributed by atoms with E-state index in [1.54, 1.807) is 6.08 Å². The Morgan fingerprint density at radius 3 is 2.68 bits per heavy atom. The van der Waals surface area contributed by atoms with Gasteiger partial charge in [0.1, 0.15) is 12.2 Å². The van der Waals surface area contributed by atoms with Crippen molar-refractivity contribution in [1.29, 1.82) is 0 Å². The van der Waals surface area contributed by atoms with Crippen LogP contribution in [-0.2, 0) is 19.0 Å². The highest BCUT2D eigenvalue weighted by atomic mass is 16.8. The number of rotatable bonds is 5. The molecule has 1 saturated heterocycles. The van der Waals surface area contributed by atoms with Crippen LogP contribution >= 0.6 is 0 Å². The van der Waals surface area contributed by atoms with Crippen molar-refractivity contribution in [2.45, 2.75) is 44.4 Å². The third-order valence-corrected chi connectivity index (χ3v) is 3.50. The smallest absolute Gasteiger partial charge is 0.330 e. The van der Waals surface area contributed by atoms with E-state index in [-0.39, 0.29) is 6.10 Å². The molecule has 0 radical (unpaired) electrons. The van der Waals surface area contributed by atoms with Gasteiger partial charge in [0.2, 0.25) is 0 Å². The molecule has 22 heavy (non-hydrogen) atoms. The van der Waals surface area contributed by atoms with Crippen LogP contribution in [0.3, 0.4) is 0 Å². The van der Waals surface area contributed by atoms with E-state index in [1.807, 2.05) is 44.2 Å². The molecule has 1 heterocycles. The van der Waals surface area contributed by atoms with Gasteiger partial charge in [-0.05, 0) is 25.8 Å². The van der Waals surface area contributed by atoms with E-state index in [0.29, 0.717) is 6.42 Å². The summed E-state index contributed by atoms with van der Waals surface area (Å²) in [6.07, 6.45) is 1.84. The first-order valence-electron chi connectivity index (χ1n) is 7.26. The molecule has 1 aromatic carbocycles. The Labute approximate surface area is 130 Å². The van der Waals surface area contributed by atoms with Crippen molar-refractivity contribution in [2.75, 3.05) is 7.11 Å². The molecule has 120 valence electrons. The fraction of sp³-hybridized carbons (Fsp3) is 0.471. The minimum absolute atomic E-state index is 0.342. The highest BCUT2D eigenvalue weighted by Gasteiger charge is 2.44. The normalized spacial score (nSPS) is 25.3. The fourth-order valence-electron chi connectivity index (χ4n) is 2.52. The lowest BCUT2D eigenvalue weighted by atomic mass is 9.99. The number of esters is 1. The molecular formula is C17H22O5. The number of aliphatic hydroxyl groups is 1. The summed E-state index contributed by atoms with van der Waals surface area (Å²) < 4.78 is 16.2. The van der Waals surface area contributed by atoms with Gasteiger partial charge in [-0.2, -0.15) is 0 Å². The highest BCUT2D eigenvalue weighted by molar-refractivity contribution is 5.81. The predicted octanol–water partition coefficient (Wildman–Crippen LogP) is 2.36. The number of hydrogen-bond acceptors (Lipinski definition) is 5. The van der Waals surface area contributed by atoms with Gasteiger partial charge in [0.15, 0.2) is 5.79 Å². The molecule has 1 N–H and O–H groups in total. The molecule has 0 unspecified atom stereocenters. The lowest BCUT2D eigenvalue weighted by molar-refractivity contribution is -0.155. The Kier molecular flexibility index (Phi) is 5.34. The van der Waals surface area contributed by atoms with E-state index in [4.69, 9.17) is 9.47 Å². The van der Waals surface area contributed by atoms with Gasteiger partial charge >= 0.3 is 5.97 Å². The van der Waals surface area contributed by atoms with Crippen molar-refractivity contribution in [3.63, 3.8) is 0 Å². The molecule has 1 aliphatic rings. The summed E-state index contributed by atoms with van der Waals surface area (Å²) in [4.78, 5) is 11.1. The lowest BCUT2D eigenvalue weighted by Gasteiger charge is -2.22. The summed E-state index contributed by atoms with van der Waals surface area (Å²) in [6.45, 7) is 3.61. The zero-order valence-electron chi connectivity index (χ0n) is 13.1.